The van der Waals surface area contributed by atoms with E-state index in [1.165, 1.54) is 12.1 Å². The number of aromatic nitrogens is 1. The van der Waals surface area contributed by atoms with Crippen molar-refractivity contribution in [1.29, 1.82) is 5.26 Å². The van der Waals surface area contributed by atoms with E-state index in [0.717, 1.165) is 5.56 Å². The minimum absolute atomic E-state index is 0.201. The molecule has 96 valence electrons. The predicted molar refractivity (Wildman–Crippen MR) is 67.6 cm³/mol. The zero-order chi connectivity index (χ0) is 13.7. The van der Waals surface area contributed by atoms with Gasteiger partial charge in [-0.15, -0.1) is 0 Å². The number of nitrogens with two attached hydrogens (primary N) is 1. The van der Waals surface area contributed by atoms with Gasteiger partial charge in [0.05, 0.1) is 0 Å². The maximum atomic E-state index is 13.0. The molecule has 0 fully saturated rings. The highest BCUT2D eigenvalue weighted by Gasteiger charge is 2.05. The lowest BCUT2D eigenvalue weighted by Gasteiger charge is -2.10. The van der Waals surface area contributed by atoms with E-state index in [4.69, 9.17) is 15.7 Å². The summed E-state index contributed by atoms with van der Waals surface area (Å²) in [7, 11) is 0. The molecular formula is C14H12FN3O. The number of hydrogen-bond acceptors (Lipinski definition) is 4. The number of pyridine rings is 1. The summed E-state index contributed by atoms with van der Waals surface area (Å²) in [6.45, 7) is 0.475. The minimum Gasteiger partial charge on any atom is -0.489 e. The molecular weight excluding hydrogens is 245 g/mol. The zero-order valence-electron chi connectivity index (χ0n) is 10.1. The molecule has 0 atom stereocenters. The molecule has 5 heteroatoms. The van der Waals surface area contributed by atoms with E-state index in [1.54, 1.807) is 24.4 Å². The van der Waals surface area contributed by atoms with E-state index in [1.807, 2.05) is 6.07 Å². The van der Waals surface area contributed by atoms with Crippen molar-refractivity contribution in [3.8, 4) is 11.8 Å². The normalized spacial score (nSPS) is 9.95. The van der Waals surface area contributed by atoms with Crippen LogP contribution in [-0.4, -0.2) is 4.98 Å². The highest BCUT2D eigenvalue weighted by molar-refractivity contribution is 5.34. The topological polar surface area (TPSA) is 71.9 Å². The van der Waals surface area contributed by atoms with Crippen LogP contribution in [0.15, 0.2) is 36.5 Å². The van der Waals surface area contributed by atoms with Crippen LogP contribution in [0.3, 0.4) is 0 Å². The van der Waals surface area contributed by atoms with E-state index in [0.29, 0.717) is 17.0 Å². The minimum atomic E-state index is -0.344. The van der Waals surface area contributed by atoms with E-state index in [-0.39, 0.29) is 19.0 Å². The molecule has 2 N–H and O–H groups in total. The molecule has 0 saturated carbocycles. The van der Waals surface area contributed by atoms with Gasteiger partial charge in [-0.2, -0.15) is 5.26 Å². The van der Waals surface area contributed by atoms with Gasteiger partial charge in [0.25, 0.3) is 0 Å². The molecule has 2 rings (SSSR count). The van der Waals surface area contributed by atoms with Gasteiger partial charge < -0.3 is 10.5 Å². The second-order valence-corrected chi connectivity index (χ2v) is 3.91. The van der Waals surface area contributed by atoms with Gasteiger partial charge in [-0.1, -0.05) is 0 Å². The van der Waals surface area contributed by atoms with Crippen molar-refractivity contribution in [2.75, 3.05) is 0 Å². The Balaban J connectivity index is 2.12. The van der Waals surface area contributed by atoms with Crippen molar-refractivity contribution in [3.05, 3.63) is 59.2 Å². The quantitative estimate of drug-likeness (QED) is 0.910. The summed E-state index contributed by atoms with van der Waals surface area (Å²) in [5, 5.41) is 8.75. The fourth-order valence-electron chi connectivity index (χ4n) is 1.63. The standard InChI is InChI=1S/C14H12FN3O/c15-12-1-2-14(11(6-12)7-16)19-9-10-3-4-18-13(5-10)8-17/h1-6H,7,9,16H2. The monoisotopic (exact) mass is 257 g/mol. The van der Waals surface area contributed by atoms with Crippen LogP contribution in [0, 0.1) is 17.1 Å². The fraction of sp³-hybridized carbons (Fsp3) is 0.143. The van der Waals surface area contributed by atoms with E-state index >= 15 is 0 Å². The van der Waals surface area contributed by atoms with Crippen molar-refractivity contribution in [2.24, 2.45) is 5.73 Å². The first-order chi connectivity index (χ1) is 9.22. The number of rotatable bonds is 4. The highest BCUT2D eigenvalue weighted by Crippen LogP contribution is 2.20. The first-order valence-corrected chi connectivity index (χ1v) is 5.69. The third-order valence-electron chi connectivity index (χ3n) is 2.58. The van der Waals surface area contributed by atoms with Crippen LogP contribution in [-0.2, 0) is 13.2 Å². The molecule has 0 bridgehead atoms. The predicted octanol–water partition coefficient (Wildman–Crippen LogP) is 2.13. The molecule has 1 aromatic heterocycles. The molecule has 0 aliphatic heterocycles. The summed E-state index contributed by atoms with van der Waals surface area (Å²) in [6, 6.07) is 9.58. The molecule has 19 heavy (non-hydrogen) atoms. The SMILES string of the molecule is N#Cc1cc(COc2ccc(F)cc2CN)ccn1. The van der Waals surface area contributed by atoms with Crippen LogP contribution >= 0.6 is 0 Å². The number of nitriles is 1. The molecule has 0 spiro atoms. The first kappa shape index (κ1) is 13.0. The number of nitrogens with zero attached hydrogens (tertiary/aromatic N) is 2. The van der Waals surface area contributed by atoms with Crippen LogP contribution in [0.25, 0.3) is 0 Å². The van der Waals surface area contributed by atoms with Crippen molar-refractivity contribution < 1.29 is 9.13 Å². The molecule has 1 heterocycles. The lowest BCUT2D eigenvalue weighted by atomic mass is 10.2. The summed E-state index contributed by atoms with van der Waals surface area (Å²) >= 11 is 0. The molecule has 0 unspecified atom stereocenters. The summed E-state index contributed by atoms with van der Waals surface area (Å²) in [5.74, 6) is 0.197. The summed E-state index contributed by atoms with van der Waals surface area (Å²) in [4.78, 5) is 3.87. The Bertz CT molecular complexity index is 622. The van der Waals surface area contributed by atoms with Crippen molar-refractivity contribution in [1.82, 2.24) is 4.98 Å². The zero-order valence-corrected chi connectivity index (χ0v) is 10.1. The van der Waals surface area contributed by atoms with Gasteiger partial charge in [0, 0.05) is 18.3 Å². The maximum Gasteiger partial charge on any atom is 0.140 e. The molecule has 2 aromatic rings. The van der Waals surface area contributed by atoms with Crippen LogP contribution in [0.4, 0.5) is 4.39 Å². The van der Waals surface area contributed by atoms with Crippen LogP contribution < -0.4 is 10.5 Å². The van der Waals surface area contributed by atoms with Crippen LogP contribution in [0.5, 0.6) is 5.75 Å². The largest absolute Gasteiger partial charge is 0.489 e. The number of halogens is 1. The lowest BCUT2D eigenvalue weighted by molar-refractivity contribution is 0.302. The van der Waals surface area contributed by atoms with Gasteiger partial charge >= 0.3 is 0 Å². The molecule has 1 aromatic carbocycles. The Kier molecular flexibility index (Phi) is 4.06. The Hall–Kier alpha value is -2.45. The van der Waals surface area contributed by atoms with E-state index < -0.39 is 0 Å². The molecule has 0 radical (unpaired) electrons. The van der Waals surface area contributed by atoms with Crippen LogP contribution in [0.2, 0.25) is 0 Å². The van der Waals surface area contributed by atoms with Crippen molar-refractivity contribution in [3.63, 3.8) is 0 Å². The third kappa shape index (κ3) is 3.27. The molecule has 4 nitrogen and oxygen atoms in total. The van der Waals surface area contributed by atoms with Gasteiger partial charge in [0.2, 0.25) is 0 Å². The van der Waals surface area contributed by atoms with Crippen LogP contribution in [0.1, 0.15) is 16.8 Å². The Morgan fingerprint density at radius 3 is 2.89 bits per heavy atom. The van der Waals surface area contributed by atoms with Gasteiger partial charge in [-0.05, 0) is 35.9 Å². The third-order valence-corrected chi connectivity index (χ3v) is 2.58. The first-order valence-electron chi connectivity index (χ1n) is 5.69. The summed E-state index contributed by atoms with van der Waals surface area (Å²) < 4.78 is 18.6. The van der Waals surface area contributed by atoms with E-state index in [2.05, 4.69) is 4.98 Å². The Morgan fingerprint density at radius 2 is 2.16 bits per heavy atom. The van der Waals surface area contributed by atoms with Crippen molar-refractivity contribution >= 4 is 0 Å². The van der Waals surface area contributed by atoms with Gasteiger partial charge in [0.1, 0.15) is 29.9 Å². The number of benzene rings is 1. The smallest absolute Gasteiger partial charge is 0.140 e. The fourth-order valence-corrected chi connectivity index (χ4v) is 1.63. The maximum absolute atomic E-state index is 13.0. The molecule has 0 amide bonds. The average Bonchev–Trinajstić information content (AvgIpc) is 2.46. The molecule has 0 saturated heterocycles. The number of hydrogen-bond donors (Lipinski definition) is 1. The number of ether oxygens (including phenoxy) is 1. The Morgan fingerprint density at radius 1 is 1.32 bits per heavy atom. The molecule has 0 aliphatic carbocycles. The van der Waals surface area contributed by atoms with Crippen molar-refractivity contribution in [2.45, 2.75) is 13.2 Å². The van der Waals surface area contributed by atoms with Gasteiger partial charge in [0.15, 0.2) is 0 Å². The lowest BCUT2D eigenvalue weighted by Crippen LogP contribution is -2.03. The van der Waals surface area contributed by atoms with Gasteiger partial charge in [-0.25, -0.2) is 9.37 Å². The summed E-state index contributed by atoms with van der Waals surface area (Å²) in [5.41, 5.74) is 7.29. The highest BCUT2D eigenvalue weighted by atomic mass is 19.1. The average molecular weight is 257 g/mol. The molecule has 0 aliphatic rings. The van der Waals surface area contributed by atoms with Gasteiger partial charge in [-0.3, -0.25) is 0 Å². The van der Waals surface area contributed by atoms with E-state index in [9.17, 15) is 4.39 Å². The second-order valence-electron chi connectivity index (χ2n) is 3.91. The second kappa shape index (κ2) is 5.94. The Labute approximate surface area is 110 Å². The summed E-state index contributed by atoms with van der Waals surface area (Å²) in [6.07, 6.45) is 1.55.